The van der Waals surface area contributed by atoms with E-state index in [4.69, 9.17) is 0 Å². The maximum Gasteiger partial charge on any atom is 0.223 e. The van der Waals surface area contributed by atoms with Gasteiger partial charge in [0.2, 0.25) is 5.91 Å². The van der Waals surface area contributed by atoms with E-state index in [1.54, 1.807) is 0 Å². The summed E-state index contributed by atoms with van der Waals surface area (Å²) in [6.45, 7) is 1.45. The Morgan fingerprint density at radius 2 is 2.10 bits per heavy atom. The second kappa shape index (κ2) is 7.55. The van der Waals surface area contributed by atoms with Crippen molar-refractivity contribution in [3.63, 3.8) is 0 Å². The highest BCUT2D eigenvalue weighted by molar-refractivity contribution is 5.85. The van der Waals surface area contributed by atoms with Gasteiger partial charge in [0.05, 0.1) is 0 Å². The van der Waals surface area contributed by atoms with E-state index < -0.39 is 11.6 Å². The molecular weight excluding hydrogens is 286 g/mol. The van der Waals surface area contributed by atoms with Gasteiger partial charge in [-0.1, -0.05) is 0 Å². The molecule has 6 heteroatoms. The van der Waals surface area contributed by atoms with Crippen molar-refractivity contribution in [2.75, 3.05) is 20.1 Å². The molecule has 0 aliphatic heterocycles. The van der Waals surface area contributed by atoms with Gasteiger partial charge >= 0.3 is 0 Å². The average molecular weight is 305 g/mol. The predicted molar refractivity (Wildman–Crippen MR) is 76.0 cm³/mol. The third-order valence-electron chi connectivity index (χ3n) is 3.39. The second-order valence-corrected chi connectivity index (χ2v) is 4.86. The molecule has 0 spiro atoms. The molecule has 1 aliphatic rings. The molecule has 2 atom stereocenters. The van der Waals surface area contributed by atoms with Gasteiger partial charge in [0.1, 0.15) is 11.6 Å². The first kappa shape index (κ1) is 16.9. The van der Waals surface area contributed by atoms with Crippen LogP contribution in [0.3, 0.4) is 0 Å². The predicted octanol–water partition coefficient (Wildman–Crippen LogP) is 2.22. The van der Waals surface area contributed by atoms with Crippen LogP contribution in [-0.2, 0) is 4.79 Å². The van der Waals surface area contributed by atoms with E-state index >= 15 is 0 Å². The van der Waals surface area contributed by atoms with E-state index in [1.165, 1.54) is 6.07 Å². The van der Waals surface area contributed by atoms with Crippen LogP contribution in [0, 0.1) is 17.6 Å². The molecule has 112 valence electrons. The minimum atomic E-state index is -0.462. The van der Waals surface area contributed by atoms with E-state index in [0.29, 0.717) is 18.5 Å². The van der Waals surface area contributed by atoms with Crippen molar-refractivity contribution in [3.05, 3.63) is 35.4 Å². The zero-order valence-corrected chi connectivity index (χ0v) is 12.1. The quantitative estimate of drug-likeness (QED) is 0.791. The Balaban J connectivity index is 0.00000200. The maximum atomic E-state index is 13.5. The van der Waals surface area contributed by atoms with Gasteiger partial charge in [0.25, 0.3) is 0 Å². The first-order chi connectivity index (χ1) is 9.13. The Bertz CT molecular complexity index is 470. The van der Waals surface area contributed by atoms with Crippen molar-refractivity contribution in [2.24, 2.45) is 5.92 Å². The standard InChI is InChI=1S/C14H18F2N2O.ClH/c1-17-5-2-6-18-14(19)12-8-10(12)11-7-9(15)3-4-13(11)16;/h3-4,7,10,12,17H,2,5-6,8H2,1H3,(H,18,19);1H. The highest BCUT2D eigenvalue weighted by atomic mass is 35.5. The van der Waals surface area contributed by atoms with E-state index in [0.717, 1.165) is 25.1 Å². The highest BCUT2D eigenvalue weighted by Crippen LogP contribution is 2.48. The van der Waals surface area contributed by atoms with Gasteiger partial charge in [-0.05, 0) is 56.1 Å². The SMILES string of the molecule is CNCCCNC(=O)C1CC1c1cc(F)ccc1F.Cl. The Kier molecular flexibility index (Phi) is 6.36. The summed E-state index contributed by atoms with van der Waals surface area (Å²) < 4.78 is 26.6. The largest absolute Gasteiger partial charge is 0.356 e. The van der Waals surface area contributed by atoms with E-state index in [2.05, 4.69) is 10.6 Å². The Labute approximate surface area is 123 Å². The molecular formula is C14H19ClF2N2O. The molecule has 1 aromatic carbocycles. The summed E-state index contributed by atoms with van der Waals surface area (Å²) in [7, 11) is 1.85. The van der Waals surface area contributed by atoms with Crippen LogP contribution in [0.2, 0.25) is 0 Å². The number of hydrogen-bond donors (Lipinski definition) is 2. The Morgan fingerprint density at radius 1 is 1.35 bits per heavy atom. The summed E-state index contributed by atoms with van der Waals surface area (Å²) >= 11 is 0. The minimum Gasteiger partial charge on any atom is -0.356 e. The van der Waals surface area contributed by atoms with Crippen molar-refractivity contribution < 1.29 is 13.6 Å². The Hall–Kier alpha value is -1.20. The van der Waals surface area contributed by atoms with Crippen LogP contribution in [0.15, 0.2) is 18.2 Å². The van der Waals surface area contributed by atoms with Gasteiger partial charge in [0, 0.05) is 12.5 Å². The molecule has 0 aromatic heterocycles. The minimum absolute atomic E-state index is 0. The lowest BCUT2D eigenvalue weighted by Crippen LogP contribution is -2.28. The molecule has 2 unspecified atom stereocenters. The van der Waals surface area contributed by atoms with Gasteiger partial charge in [-0.2, -0.15) is 0 Å². The van der Waals surface area contributed by atoms with Crippen LogP contribution in [0.4, 0.5) is 8.78 Å². The molecule has 20 heavy (non-hydrogen) atoms. The molecule has 1 fully saturated rings. The zero-order valence-electron chi connectivity index (χ0n) is 11.3. The number of halogens is 3. The first-order valence-corrected chi connectivity index (χ1v) is 6.50. The van der Waals surface area contributed by atoms with Crippen molar-refractivity contribution in [2.45, 2.75) is 18.8 Å². The molecule has 1 aliphatic carbocycles. The molecule has 3 nitrogen and oxygen atoms in total. The molecule has 1 amide bonds. The second-order valence-electron chi connectivity index (χ2n) is 4.86. The average Bonchev–Trinajstić information content (AvgIpc) is 3.17. The smallest absolute Gasteiger partial charge is 0.223 e. The third-order valence-corrected chi connectivity index (χ3v) is 3.39. The fourth-order valence-corrected chi connectivity index (χ4v) is 2.24. The highest BCUT2D eigenvalue weighted by Gasteiger charge is 2.45. The molecule has 0 bridgehead atoms. The van der Waals surface area contributed by atoms with E-state index in [1.807, 2.05) is 7.05 Å². The number of benzene rings is 1. The maximum absolute atomic E-state index is 13.5. The normalized spacial score (nSPS) is 20.1. The summed E-state index contributed by atoms with van der Waals surface area (Å²) in [6.07, 6.45) is 1.45. The summed E-state index contributed by atoms with van der Waals surface area (Å²) in [5.74, 6) is -1.36. The molecule has 0 heterocycles. The van der Waals surface area contributed by atoms with Crippen molar-refractivity contribution in [1.29, 1.82) is 0 Å². The number of carbonyl (C=O) groups is 1. The molecule has 2 N–H and O–H groups in total. The summed E-state index contributed by atoms with van der Waals surface area (Å²) in [5.41, 5.74) is 0.315. The fourth-order valence-electron chi connectivity index (χ4n) is 2.24. The van der Waals surface area contributed by atoms with Crippen LogP contribution < -0.4 is 10.6 Å². The summed E-state index contributed by atoms with van der Waals surface area (Å²) in [5, 5.41) is 5.81. The monoisotopic (exact) mass is 304 g/mol. The fraction of sp³-hybridized carbons (Fsp3) is 0.500. The lowest BCUT2D eigenvalue weighted by Gasteiger charge is -2.05. The number of rotatable bonds is 6. The number of carbonyl (C=O) groups excluding carboxylic acids is 1. The van der Waals surface area contributed by atoms with Crippen LogP contribution in [0.1, 0.15) is 24.3 Å². The summed E-state index contributed by atoms with van der Waals surface area (Å²) in [6, 6.07) is 3.40. The lowest BCUT2D eigenvalue weighted by molar-refractivity contribution is -0.122. The molecule has 1 saturated carbocycles. The third kappa shape index (κ3) is 4.15. The van der Waals surface area contributed by atoms with E-state index in [-0.39, 0.29) is 30.2 Å². The van der Waals surface area contributed by atoms with Gasteiger partial charge in [-0.15, -0.1) is 12.4 Å². The molecule has 1 aromatic rings. The number of amides is 1. The van der Waals surface area contributed by atoms with Crippen LogP contribution in [0.5, 0.6) is 0 Å². The van der Waals surface area contributed by atoms with Crippen LogP contribution in [-0.4, -0.2) is 26.0 Å². The van der Waals surface area contributed by atoms with Crippen LogP contribution in [0.25, 0.3) is 0 Å². The number of hydrogen-bond acceptors (Lipinski definition) is 2. The van der Waals surface area contributed by atoms with Crippen molar-refractivity contribution in [1.82, 2.24) is 10.6 Å². The molecule has 0 radical (unpaired) electrons. The lowest BCUT2D eigenvalue weighted by atomic mass is 10.1. The van der Waals surface area contributed by atoms with Gasteiger partial charge in [0.15, 0.2) is 0 Å². The summed E-state index contributed by atoms with van der Waals surface area (Å²) in [4.78, 5) is 11.8. The van der Waals surface area contributed by atoms with Crippen molar-refractivity contribution in [3.8, 4) is 0 Å². The Morgan fingerprint density at radius 3 is 2.80 bits per heavy atom. The van der Waals surface area contributed by atoms with Gasteiger partial charge < -0.3 is 10.6 Å². The van der Waals surface area contributed by atoms with Gasteiger partial charge in [-0.3, -0.25) is 4.79 Å². The van der Waals surface area contributed by atoms with Gasteiger partial charge in [-0.25, -0.2) is 8.78 Å². The first-order valence-electron chi connectivity index (χ1n) is 6.50. The molecule has 0 saturated heterocycles. The van der Waals surface area contributed by atoms with E-state index in [9.17, 15) is 13.6 Å². The zero-order chi connectivity index (χ0) is 13.8. The van der Waals surface area contributed by atoms with Crippen molar-refractivity contribution >= 4 is 18.3 Å². The molecule has 2 rings (SSSR count). The topological polar surface area (TPSA) is 41.1 Å². The number of nitrogens with one attached hydrogen (secondary N) is 2. The van der Waals surface area contributed by atoms with Crippen LogP contribution >= 0.6 is 12.4 Å².